The molecule has 0 bridgehead atoms. The van der Waals surface area contributed by atoms with Gasteiger partial charge in [0.2, 0.25) is 0 Å². The first kappa shape index (κ1) is 14.8. The van der Waals surface area contributed by atoms with Gasteiger partial charge in [-0.3, -0.25) is 0 Å². The van der Waals surface area contributed by atoms with E-state index in [4.69, 9.17) is 20.9 Å². The fraction of sp³-hybridized carbons (Fsp3) is 0.429. The van der Waals surface area contributed by atoms with Crippen LogP contribution in [0.3, 0.4) is 0 Å². The van der Waals surface area contributed by atoms with Gasteiger partial charge in [-0.05, 0) is 31.5 Å². The predicted molar refractivity (Wildman–Crippen MR) is 74.7 cm³/mol. The van der Waals surface area contributed by atoms with Crippen molar-refractivity contribution in [3.63, 3.8) is 0 Å². The molecule has 0 saturated carbocycles. The Labute approximate surface area is 122 Å². The van der Waals surface area contributed by atoms with Gasteiger partial charge < -0.3 is 14.4 Å². The van der Waals surface area contributed by atoms with E-state index in [1.807, 2.05) is 0 Å². The molecule has 0 saturated heterocycles. The molecule has 2 rings (SSSR count). The first-order valence-corrected chi connectivity index (χ1v) is 6.89. The van der Waals surface area contributed by atoms with E-state index >= 15 is 0 Å². The number of aryl methyl sites for hydroxylation is 1. The summed E-state index contributed by atoms with van der Waals surface area (Å²) >= 11 is 5.91. The summed E-state index contributed by atoms with van der Waals surface area (Å²) in [6.07, 6.45) is 1.08. The molecule has 1 atom stereocenters. The van der Waals surface area contributed by atoms with Gasteiger partial charge in [-0.2, -0.15) is 4.98 Å². The van der Waals surface area contributed by atoms with Crippen molar-refractivity contribution in [1.29, 1.82) is 0 Å². The lowest BCUT2D eigenvalue weighted by Crippen LogP contribution is -2.01. The summed E-state index contributed by atoms with van der Waals surface area (Å²) in [6, 6.07) is 5.10. The van der Waals surface area contributed by atoms with Crippen molar-refractivity contribution in [1.82, 2.24) is 10.1 Å². The quantitative estimate of drug-likeness (QED) is 0.885. The zero-order valence-electron chi connectivity index (χ0n) is 11.5. The third-order valence-corrected chi connectivity index (χ3v) is 2.99. The zero-order chi connectivity index (χ0) is 14.5. The van der Waals surface area contributed by atoms with Gasteiger partial charge in [0.05, 0.1) is 6.10 Å². The van der Waals surface area contributed by atoms with E-state index in [2.05, 4.69) is 17.1 Å². The molecule has 0 aliphatic rings. The van der Waals surface area contributed by atoms with E-state index in [0.717, 1.165) is 12.8 Å². The molecule has 0 aliphatic carbocycles. The van der Waals surface area contributed by atoms with E-state index in [1.165, 1.54) is 0 Å². The highest BCUT2D eigenvalue weighted by Crippen LogP contribution is 2.28. The molecule has 0 fully saturated rings. The minimum Gasteiger partial charge on any atom is -0.483 e. The Kier molecular flexibility index (Phi) is 4.98. The Morgan fingerprint density at radius 3 is 2.95 bits per heavy atom. The van der Waals surface area contributed by atoms with Crippen LogP contribution >= 0.6 is 11.6 Å². The van der Waals surface area contributed by atoms with E-state index in [9.17, 15) is 5.11 Å². The topological polar surface area (TPSA) is 68.4 Å². The van der Waals surface area contributed by atoms with Gasteiger partial charge in [0.1, 0.15) is 5.75 Å². The van der Waals surface area contributed by atoms with E-state index in [-0.39, 0.29) is 6.61 Å². The number of aliphatic hydroxyl groups excluding tert-OH is 1. The molecule has 0 radical (unpaired) electrons. The number of halogens is 1. The van der Waals surface area contributed by atoms with Crippen molar-refractivity contribution < 1.29 is 14.4 Å². The largest absolute Gasteiger partial charge is 0.483 e. The van der Waals surface area contributed by atoms with Crippen molar-refractivity contribution in [2.75, 3.05) is 0 Å². The minimum absolute atomic E-state index is 0.165. The van der Waals surface area contributed by atoms with Gasteiger partial charge in [0.15, 0.2) is 12.4 Å². The average molecular weight is 297 g/mol. The molecule has 0 spiro atoms. The van der Waals surface area contributed by atoms with Gasteiger partial charge >= 0.3 is 0 Å². The monoisotopic (exact) mass is 296 g/mol. The van der Waals surface area contributed by atoms with Crippen molar-refractivity contribution in [3.05, 3.63) is 40.5 Å². The van der Waals surface area contributed by atoms with Crippen molar-refractivity contribution in [2.24, 2.45) is 0 Å². The van der Waals surface area contributed by atoms with E-state index < -0.39 is 6.10 Å². The van der Waals surface area contributed by atoms with Crippen LogP contribution in [0.25, 0.3) is 0 Å². The van der Waals surface area contributed by atoms with Crippen LogP contribution in [0.4, 0.5) is 0 Å². The highest BCUT2D eigenvalue weighted by atomic mass is 35.5. The summed E-state index contributed by atoms with van der Waals surface area (Å²) in [7, 11) is 0. The molecule has 1 aromatic carbocycles. The molecule has 108 valence electrons. The Balaban J connectivity index is 2.06. The van der Waals surface area contributed by atoms with Gasteiger partial charge in [-0.25, -0.2) is 0 Å². The maximum atomic E-state index is 9.71. The molecule has 1 heterocycles. The number of ether oxygens (including phenoxy) is 1. The number of aliphatic hydroxyl groups is 1. The lowest BCUT2D eigenvalue weighted by atomic mass is 10.1. The first-order valence-electron chi connectivity index (χ1n) is 6.52. The summed E-state index contributed by atoms with van der Waals surface area (Å²) in [5.74, 6) is 1.65. The molecular weight excluding hydrogens is 280 g/mol. The summed E-state index contributed by atoms with van der Waals surface area (Å²) in [6.45, 7) is 3.87. The third-order valence-electron chi connectivity index (χ3n) is 2.76. The van der Waals surface area contributed by atoms with Gasteiger partial charge in [-0.1, -0.05) is 23.7 Å². The van der Waals surface area contributed by atoms with Crippen molar-refractivity contribution >= 4 is 11.6 Å². The van der Waals surface area contributed by atoms with E-state index in [1.54, 1.807) is 25.1 Å². The standard InChI is InChI=1S/C14H17ClN2O3/c1-3-4-13-16-14(20-17-13)8-19-12-6-5-10(15)7-11(12)9(2)18/h5-7,9,18H,3-4,8H2,1-2H3. The second-order valence-corrected chi connectivity index (χ2v) is 4.94. The molecule has 1 aromatic heterocycles. The molecule has 20 heavy (non-hydrogen) atoms. The first-order chi connectivity index (χ1) is 9.60. The molecular formula is C14H17ClN2O3. The predicted octanol–water partition coefficient (Wildman–Crippen LogP) is 3.31. The smallest absolute Gasteiger partial charge is 0.264 e. The zero-order valence-corrected chi connectivity index (χ0v) is 12.2. The number of hydrogen-bond donors (Lipinski definition) is 1. The number of aromatic nitrogens is 2. The molecule has 6 heteroatoms. The SMILES string of the molecule is CCCc1noc(COc2ccc(Cl)cc2C(C)O)n1. The van der Waals surface area contributed by atoms with Crippen LogP contribution in [0.15, 0.2) is 22.7 Å². The molecule has 0 amide bonds. The highest BCUT2D eigenvalue weighted by Gasteiger charge is 2.12. The fourth-order valence-corrected chi connectivity index (χ4v) is 1.97. The second kappa shape index (κ2) is 6.72. The number of rotatable bonds is 6. The van der Waals surface area contributed by atoms with Crippen LogP contribution in [0.2, 0.25) is 5.02 Å². The maximum absolute atomic E-state index is 9.71. The number of benzene rings is 1. The third kappa shape index (κ3) is 3.71. The van der Waals surface area contributed by atoms with Gasteiger partial charge in [-0.15, -0.1) is 0 Å². The van der Waals surface area contributed by atoms with Crippen molar-refractivity contribution in [2.45, 2.75) is 39.4 Å². The van der Waals surface area contributed by atoms with Gasteiger partial charge in [0.25, 0.3) is 5.89 Å². The van der Waals surface area contributed by atoms with Crippen LogP contribution in [0.1, 0.15) is 43.7 Å². The highest BCUT2D eigenvalue weighted by molar-refractivity contribution is 6.30. The van der Waals surface area contributed by atoms with Crippen LogP contribution in [-0.4, -0.2) is 15.2 Å². The minimum atomic E-state index is -0.665. The summed E-state index contributed by atoms with van der Waals surface area (Å²) in [5, 5.41) is 14.1. The maximum Gasteiger partial charge on any atom is 0.264 e. The molecule has 2 aromatic rings. The summed E-state index contributed by atoms with van der Waals surface area (Å²) < 4.78 is 10.7. The molecule has 0 aliphatic heterocycles. The fourth-order valence-electron chi connectivity index (χ4n) is 1.79. The lowest BCUT2D eigenvalue weighted by molar-refractivity contribution is 0.185. The van der Waals surface area contributed by atoms with Gasteiger partial charge in [0, 0.05) is 17.0 Å². The number of hydrogen-bond acceptors (Lipinski definition) is 5. The lowest BCUT2D eigenvalue weighted by Gasteiger charge is -2.12. The molecule has 5 nitrogen and oxygen atoms in total. The Morgan fingerprint density at radius 1 is 1.45 bits per heavy atom. The van der Waals surface area contributed by atoms with E-state index in [0.29, 0.717) is 28.1 Å². The Morgan fingerprint density at radius 2 is 2.25 bits per heavy atom. The Hall–Kier alpha value is -1.59. The summed E-state index contributed by atoms with van der Waals surface area (Å²) in [5.41, 5.74) is 0.630. The average Bonchev–Trinajstić information content (AvgIpc) is 2.85. The normalized spacial score (nSPS) is 12.4. The van der Waals surface area contributed by atoms with Crippen LogP contribution in [-0.2, 0) is 13.0 Å². The van der Waals surface area contributed by atoms with Crippen LogP contribution in [0, 0.1) is 0 Å². The van der Waals surface area contributed by atoms with Crippen LogP contribution in [0.5, 0.6) is 5.75 Å². The summed E-state index contributed by atoms with van der Waals surface area (Å²) in [4.78, 5) is 4.22. The van der Waals surface area contributed by atoms with Crippen molar-refractivity contribution in [3.8, 4) is 5.75 Å². The van der Waals surface area contributed by atoms with Crippen LogP contribution < -0.4 is 4.74 Å². The molecule has 1 unspecified atom stereocenters. The Bertz CT molecular complexity index is 569. The second-order valence-electron chi connectivity index (χ2n) is 4.50. The molecule has 1 N–H and O–H groups in total. The number of nitrogens with zero attached hydrogens (tertiary/aromatic N) is 2.